The van der Waals surface area contributed by atoms with Crippen molar-refractivity contribution in [3.63, 3.8) is 0 Å². The third kappa shape index (κ3) is 4.02. The van der Waals surface area contributed by atoms with Crippen LogP contribution in [0.2, 0.25) is 0 Å². The predicted molar refractivity (Wildman–Crippen MR) is 99.4 cm³/mol. The first kappa shape index (κ1) is 18.5. The number of nitrogens with zero attached hydrogens (tertiary/aromatic N) is 3. The maximum Gasteiger partial charge on any atom is 0.255 e. The maximum absolute atomic E-state index is 12.8. The maximum atomic E-state index is 12.8. The fourth-order valence-corrected chi connectivity index (χ4v) is 3.48. The van der Waals surface area contributed by atoms with E-state index in [1.54, 1.807) is 17.2 Å². The van der Waals surface area contributed by atoms with Crippen LogP contribution in [0.3, 0.4) is 0 Å². The summed E-state index contributed by atoms with van der Waals surface area (Å²) in [6.07, 6.45) is 5.92. The average molecular weight is 382 g/mol. The Labute approximate surface area is 162 Å². The molecule has 4 heterocycles. The molecule has 1 N–H and O–H groups in total. The molecule has 8 nitrogen and oxygen atoms in total. The standard InChI is InChI=1S/C20H22N4O4/c25-18(23-14-17-3-1-2-6-22-17)15-11-16(13-21-12-15)19(26)24-7-4-20(5-8-24)27-9-10-28-20/h1-3,6,11-13H,4-5,7-10,14H2,(H,23,25). The van der Waals surface area contributed by atoms with Gasteiger partial charge in [0.1, 0.15) is 0 Å². The number of likely N-dealkylation sites (tertiary alicyclic amines) is 1. The molecule has 0 unspecified atom stereocenters. The van der Waals surface area contributed by atoms with Gasteiger partial charge < -0.3 is 19.7 Å². The molecule has 146 valence electrons. The van der Waals surface area contributed by atoms with Crippen molar-refractivity contribution < 1.29 is 19.1 Å². The molecule has 4 rings (SSSR count). The van der Waals surface area contributed by atoms with Crippen LogP contribution >= 0.6 is 0 Å². The Balaban J connectivity index is 1.37. The van der Waals surface area contributed by atoms with Gasteiger partial charge in [-0.15, -0.1) is 0 Å². The summed E-state index contributed by atoms with van der Waals surface area (Å²) < 4.78 is 11.4. The summed E-state index contributed by atoms with van der Waals surface area (Å²) >= 11 is 0. The number of hydrogen-bond donors (Lipinski definition) is 1. The van der Waals surface area contributed by atoms with Crippen molar-refractivity contribution in [2.75, 3.05) is 26.3 Å². The normalized spacial score (nSPS) is 18.2. The highest BCUT2D eigenvalue weighted by Crippen LogP contribution is 2.31. The molecule has 2 aromatic heterocycles. The smallest absolute Gasteiger partial charge is 0.255 e. The van der Waals surface area contributed by atoms with Gasteiger partial charge in [-0.05, 0) is 18.2 Å². The van der Waals surface area contributed by atoms with Crippen molar-refractivity contribution in [1.82, 2.24) is 20.2 Å². The van der Waals surface area contributed by atoms with Gasteiger partial charge in [-0.25, -0.2) is 0 Å². The second kappa shape index (κ2) is 8.04. The lowest BCUT2D eigenvalue weighted by Crippen LogP contribution is -2.47. The van der Waals surface area contributed by atoms with E-state index in [1.807, 2.05) is 18.2 Å². The van der Waals surface area contributed by atoms with Gasteiger partial charge in [0.2, 0.25) is 0 Å². The lowest BCUT2D eigenvalue weighted by molar-refractivity contribution is -0.181. The van der Waals surface area contributed by atoms with E-state index in [0.717, 1.165) is 5.69 Å². The summed E-state index contributed by atoms with van der Waals surface area (Å²) in [6.45, 7) is 2.62. The number of piperidine rings is 1. The van der Waals surface area contributed by atoms with Crippen molar-refractivity contribution in [3.8, 4) is 0 Å². The number of nitrogens with one attached hydrogen (secondary N) is 1. The molecular formula is C20H22N4O4. The second-order valence-corrected chi connectivity index (χ2v) is 6.87. The molecule has 2 aliphatic rings. The van der Waals surface area contributed by atoms with Gasteiger partial charge in [0.05, 0.1) is 36.6 Å². The summed E-state index contributed by atoms with van der Waals surface area (Å²) in [7, 11) is 0. The molecule has 2 aromatic rings. The fraction of sp³-hybridized carbons (Fsp3) is 0.400. The summed E-state index contributed by atoms with van der Waals surface area (Å²) in [5.74, 6) is -0.958. The Kier molecular flexibility index (Phi) is 5.31. The zero-order chi connectivity index (χ0) is 19.4. The summed E-state index contributed by atoms with van der Waals surface area (Å²) in [5.41, 5.74) is 1.50. The first-order chi connectivity index (χ1) is 13.7. The van der Waals surface area contributed by atoms with E-state index in [-0.39, 0.29) is 11.8 Å². The zero-order valence-corrected chi connectivity index (χ0v) is 15.5. The lowest BCUT2D eigenvalue weighted by atomic mass is 10.0. The Morgan fingerprint density at radius 2 is 1.86 bits per heavy atom. The number of pyridine rings is 2. The van der Waals surface area contributed by atoms with Crippen molar-refractivity contribution in [2.45, 2.75) is 25.2 Å². The van der Waals surface area contributed by atoms with E-state index >= 15 is 0 Å². The lowest BCUT2D eigenvalue weighted by Gasteiger charge is -2.37. The fourth-order valence-electron chi connectivity index (χ4n) is 3.48. The van der Waals surface area contributed by atoms with E-state index < -0.39 is 5.79 Å². The number of amides is 2. The highest BCUT2D eigenvalue weighted by molar-refractivity contribution is 5.99. The third-order valence-corrected chi connectivity index (χ3v) is 5.03. The molecule has 28 heavy (non-hydrogen) atoms. The zero-order valence-electron chi connectivity index (χ0n) is 15.5. The number of rotatable bonds is 4. The van der Waals surface area contributed by atoms with Gasteiger partial charge in [0.25, 0.3) is 11.8 Å². The number of aromatic nitrogens is 2. The molecule has 0 saturated carbocycles. The van der Waals surface area contributed by atoms with Gasteiger partial charge in [-0.1, -0.05) is 6.07 Å². The minimum Gasteiger partial charge on any atom is -0.347 e. The number of carbonyl (C=O) groups excluding carboxylic acids is 2. The van der Waals surface area contributed by atoms with Crippen LogP contribution in [0.25, 0.3) is 0 Å². The topological polar surface area (TPSA) is 93.7 Å². The SMILES string of the molecule is O=C(NCc1ccccn1)c1cncc(C(=O)N2CCC3(CC2)OCCO3)c1. The molecule has 0 atom stereocenters. The highest BCUT2D eigenvalue weighted by Gasteiger charge is 2.40. The first-order valence-electron chi connectivity index (χ1n) is 9.36. The van der Waals surface area contributed by atoms with Crippen LogP contribution < -0.4 is 5.32 Å². The van der Waals surface area contributed by atoms with Gasteiger partial charge in [-0.3, -0.25) is 19.6 Å². The van der Waals surface area contributed by atoms with E-state index in [4.69, 9.17) is 9.47 Å². The van der Waals surface area contributed by atoms with Gasteiger partial charge in [-0.2, -0.15) is 0 Å². The molecule has 8 heteroatoms. The van der Waals surface area contributed by atoms with Crippen LogP contribution in [0, 0.1) is 0 Å². The molecule has 2 amide bonds. The molecule has 2 aliphatic heterocycles. The molecule has 2 saturated heterocycles. The summed E-state index contributed by atoms with van der Waals surface area (Å²) in [4.78, 5) is 35.2. The molecule has 1 spiro atoms. The molecule has 2 fully saturated rings. The largest absolute Gasteiger partial charge is 0.347 e. The Hall–Kier alpha value is -2.84. The van der Waals surface area contributed by atoms with Gasteiger partial charge >= 0.3 is 0 Å². The van der Waals surface area contributed by atoms with Crippen LogP contribution in [-0.4, -0.2) is 58.8 Å². The number of hydrogen-bond acceptors (Lipinski definition) is 6. The van der Waals surface area contributed by atoms with E-state index in [9.17, 15) is 9.59 Å². The van der Waals surface area contributed by atoms with Crippen LogP contribution in [0.4, 0.5) is 0 Å². The first-order valence-corrected chi connectivity index (χ1v) is 9.36. The minimum absolute atomic E-state index is 0.139. The van der Waals surface area contributed by atoms with Crippen LogP contribution in [0.5, 0.6) is 0 Å². The van der Waals surface area contributed by atoms with E-state index in [0.29, 0.717) is 56.8 Å². The van der Waals surface area contributed by atoms with Crippen molar-refractivity contribution in [2.24, 2.45) is 0 Å². The summed E-state index contributed by atoms with van der Waals surface area (Å²) in [6, 6.07) is 7.09. The quantitative estimate of drug-likeness (QED) is 0.859. The molecule has 0 aromatic carbocycles. The molecule has 0 radical (unpaired) electrons. The molecule has 0 bridgehead atoms. The van der Waals surface area contributed by atoms with E-state index in [2.05, 4.69) is 15.3 Å². The Bertz CT molecular complexity index is 842. The van der Waals surface area contributed by atoms with Crippen molar-refractivity contribution >= 4 is 11.8 Å². The van der Waals surface area contributed by atoms with Crippen molar-refractivity contribution in [1.29, 1.82) is 0 Å². The van der Waals surface area contributed by atoms with Crippen LogP contribution in [0.15, 0.2) is 42.9 Å². The third-order valence-electron chi connectivity index (χ3n) is 5.03. The van der Waals surface area contributed by atoms with Gasteiger partial charge in [0.15, 0.2) is 5.79 Å². The van der Waals surface area contributed by atoms with Gasteiger partial charge in [0, 0.05) is 44.5 Å². The summed E-state index contributed by atoms with van der Waals surface area (Å²) in [5, 5.41) is 2.79. The molecule has 0 aliphatic carbocycles. The highest BCUT2D eigenvalue weighted by atomic mass is 16.7. The number of ether oxygens (including phenoxy) is 2. The van der Waals surface area contributed by atoms with Crippen LogP contribution in [-0.2, 0) is 16.0 Å². The average Bonchev–Trinajstić information content (AvgIpc) is 3.21. The van der Waals surface area contributed by atoms with Crippen LogP contribution in [0.1, 0.15) is 39.3 Å². The number of carbonyl (C=O) groups is 2. The Morgan fingerprint density at radius 3 is 2.57 bits per heavy atom. The minimum atomic E-state index is -0.526. The van der Waals surface area contributed by atoms with Crippen molar-refractivity contribution in [3.05, 3.63) is 59.7 Å². The van der Waals surface area contributed by atoms with E-state index in [1.165, 1.54) is 12.4 Å². The molecular weight excluding hydrogens is 360 g/mol. The Morgan fingerprint density at radius 1 is 1.11 bits per heavy atom. The predicted octanol–water partition coefficient (Wildman–Crippen LogP) is 1.39. The monoisotopic (exact) mass is 382 g/mol. The second-order valence-electron chi connectivity index (χ2n) is 6.87.